The maximum atomic E-state index is 12.1. The second kappa shape index (κ2) is 5.57. The van der Waals surface area contributed by atoms with E-state index in [-0.39, 0.29) is 10.9 Å². The number of nitrogens with one attached hydrogen (secondary N) is 2. The molecule has 1 atom stereocenters. The van der Waals surface area contributed by atoms with Crippen LogP contribution in [0.1, 0.15) is 18.4 Å². The molecule has 1 heterocycles. The van der Waals surface area contributed by atoms with E-state index in [0.29, 0.717) is 11.6 Å². The Bertz CT molecular complexity index is 525. The van der Waals surface area contributed by atoms with Crippen LogP contribution in [0.2, 0.25) is 5.02 Å². The molecule has 1 aliphatic heterocycles. The summed E-state index contributed by atoms with van der Waals surface area (Å²) in [7, 11) is -3.46. The van der Waals surface area contributed by atoms with E-state index < -0.39 is 10.0 Å². The van der Waals surface area contributed by atoms with Gasteiger partial charge in [0.25, 0.3) is 0 Å². The largest absolute Gasteiger partial charge is 0.313 e. The first kappa shape index (κ1) is 13.8. The lowest BCUT2D eigenvalue weighted by atomic mass is 10.2. The van der Waals surface area contributed by atoms with Crippen LogP contribution in [0.3, 0.4) is 0 Å². The van der Waals surface area contributed by atoms with Crippen molar-refractivity contribution in [2.45, 2.75) is 30.7 Å². The lowest BCUT2D eigenvalue weighted by Crippen LogP contribution is -2.37. The third-order valence-corrected chi connectivity index (χ3v) is 4.96. The Morgan fingerprint density at radius 2 is 2.28 bits per heavy atom. The molecule has 6 heteroatoms. The number of hydrogen-bond donors (Lipinski definition) is 2. The zero-order chi connectivity index (χ0) is 13.2. The number of aryl methyl sites for hydroxylation is 1. The number of halogens is 1. The van der Waals surface area contributed by atoms with Crippen molar-refractivity contribution < 1.29 is 8.42 Å². The van der Waals surface area contributed by atoms with E-state index in [1.165, 1.54) is 6.07 Å². The van der Waals surface area contributed by atoms with Crippen LogP contribution < -0.4 is 10.0 Å². The van der Waals surface area contributed by atoms with E-state index in [9.17, 15) is 8.42 Å². The second-order valence-electron chi connectivity index (χ2n) is 4.56. The summed E-state index contributed by atoms with van der Waals surface area (Å²) < 4.78 is 26.7. The Morgan fingerprint density at radius 3 is 2.89 bits per heavy atom. The van der Waals surface area contributed by atoms with Gasteiger partial charge in [0.05, 0.1) is 4.90 Å². The molecule has 1 aromatic carbocycles. The number of benzene rings is 1. The molecule has 0 amide bonds. The average molecular weight is 289 g/mol. The summed E-state index contributed by atoms with van der Waals surface area (Å²) in [5.74, 6) is 0. The van der Waals surface area contributed by atoms with Crippen LogP contribution in [0.25, 0.3) is 0 Å². The smallest absolute Gasteiger partial charge is 0.240 e. The van der Waals surface area contributed by atoms with E-state index in [2.05, 4.69) is 10.0 Å². The molecular formula is C12H17ClN2O2S. The molecular weight excluding hydrogens is 272 g/mol. The Morgan fingerprint density at radius 1 is 1.50 bits per heavy atom. The molecule has 0 radical (unpaired) electrons. The molecule has 0 saturated carbocycles. The molecule has 1 saturated heterocycles. The Labute approximate surface area is 113 Å². The molecule has 4 nitrogen and oxygen atoms in total. The fraction of sp³-hybridized carbons (Fsp3) is 0.500. The van der Waals surface area contributed by atoms with Gasteiger partial charge in [-0.15, -0.1) is 0 Å². The van der Waals surface area contributed by atoms with Crippen molar-refractivity contribution in [2.75, 3.05) is 13.1 Å². The highest BCUT2D eigenvalue weighted by Gasteiger charge is 2.19. The van der Waals surface area contributed by atoms with Gasteiger partial charge in [0.2, 0.25) is 10.0 Å². The summed E-state index contributed by atoms with van der Waals surface area (Å²) in [6.07, 6.45) is 2.11. The highest BCUT2D eigenvalue weighted by atomic mass is 35.5. The topological polar surface area (TPSA) is 58.2 Å². The Balaban J connectivity index is 2.07. The van der Waals surface area contributed by atoms with Gasteiger partial charge in [-0.05, 0) is 44.0 Å². The molecule has 0 spiro atoms. The average Bonchev–Trinajstić information content (AvgIpc) is 2.83. The van der Waals surface area contributed by atoms with E-state index >= 15 is 0 Å². The van der Waals surface area contributed by atoms with Crippen molar-refractivity contribution in [1.29, 1.82) is 0 Å². The van der Waals surface area contributed by atoms with Crippen LogP contribution in [-0.4, -0.2) is 27.5 Å². The van der Waals surface area contributed by atoms with Gasteiger partial charge in [-0.25, -0.2) is 13.1 Å². The minimum Gasteiger partial charge on any atom is -0.313 e. The molecule has 0 aromatic heterocycles. The van der Waals surface area contributed by atoms with Crippen LogP contribution in [0, 0.1) is 6.92 Å². The van der Waals surface area contributed by atoms with Crippen LogP contribution in [0.5, 0.6) is 0 Å². The number of sulfonamides is 1. The van der Waals surface area contributed by atoms with Crippen molar-refractivity contribution >= 4 is 21.6 Å². The second-order valence-corrected chi connectivity index (χ2v) is 6.73. The first-order valence-electron chi connectivity index (χ1n) is 5.98. The van der Waals surface area contributed by atoms with Gasteiger partial charge in [-0.3, -0.25) is 0 Å². The van der Waals surface area contributed by atoms with Crippen molar-refractivity contribution in [3.05, 3.63) is 28.8 Å². The first-order valence-corrected chi connectivity index (χ1v) is 7.84. The lowest BCUT2D eigenvalue weighted by molar-refractivity contribution is 0.552. The molecule has 2 rings (SSSR count). The maximum Gasteiger partial charge on any atom is 0.240 e. The molecule has 2 N–H and O–H groups in total. The van der Waals surface area contributed by atoms with Crippen LogP contribution in [0.15, 0.2) is 23.1 Å². The summed E-state index contributed by atoms with van der Waals surface area (Å²) in [4.78, 5) is 0.219. The van der Waals surface area contributed by atoms with Crippen molar-refractivity contribution in [3.63, 3.8) is 0 Å². The highest BCUT2D eigenvalue weighted by molar-refractivity contribution is 7.89. The minimum absolute atomic E-state index is 0.219. The molecule has 1 aromatic rings. The monoisotopic (exact) mass is 288 g/mol. The number of hydrogen-bond acceptors (Lipinski definition) is 3. The molecule has 100 valence electrons. The van der Waals surface area contributed by atoms with Gasteiger partial charge >= 0.3 is 0 Å². The minimum atomic E-state index is -3.46. The van der Waals surface area contributed by atoms with Gasteiger partial charge in [-0.1, -0.05) is 17.7 Å². The predicted octanol–water partition coefficient (Wildman–Crippen LogP) is 1.68. The normalized spacial score (nSPS) is 20.2. The van der Waals surface area contributed by atoms with Gasteiger partial charge < -0.3 is 5.32 Å². The molecule has 0 aliphatic carbocycles. The standard InChI is InChI=1S/C12H17ClN2O2S/c1-9-4-5-11(7-12(9)13)18(16,17)15-8-10-3-2-6-14-10/h4-5,7,10,14-15H,2-3,6,8H2,1H3. The van der Waals surface area contributed by atoms with Gasteiger partial charge in [0.15, 0.2) is 0 Å². The third kappa shape index (κ3) is 3.23. The van der Waals surface area contributed by atoms with Crippen molar-refractivity contribution in [1.82, 2.24) is 10.0 Å². The zero-order valence-corrected chi connectivity index (χ0v) is 11.8. The van der Waals surface area contributed by atoms with E-state index in [1.54, 1.807) is 12.1 Å². The van der Waals surface area contributed by atoms with E-state index in [1.807, 2.05) is 6.92 Å². The first-order chi connectivity index (χ1) is 8.49. The fourth-order valence-corrected chi connectivity index (χ4v) is 3.32. The predicted molar refractivity (Wildman–Crippen MR) is 72.4 cm³/mol. The summed E-state index contributed by atoms with van der Waals surface area (Å²) >= 11 is 5.94. The van der Waals surface area contributed by atoms with Crippen molar-refractivity contribution in [2.24, 2.45) is 0 Å². The highest BCUT2D eigenvalue weighted by Crippen LogP contribution is 2.19. The van der Waals surface area contributed by atoms with Gasteiger partial charge in [-0.2, -0.15) is 0 Å². The maximum absolute atomic E-state index is 12.1. The van der Waals surface area contributed by atoms with Gasteiger partial charge in [0, 0.05) is 17.6 Å². The van der Waals surface area contributed by atoms with Crippen molar-refractivity contribution in [3.8, 4) is 0 Å². The summed E-state index contributed by atoms with van der Waals surface area (Å²) in [5, 5.41) is 3.72. The molecule has 1 unspecified atom stereocenters. The molecule has 0 bridgehead atoms. The third-order valence-electron chi connectivity index (χ3n) is 3.14. The van der Waals surface area contributed by atoms with Crippen LogP contribution in [0.4, 0.5) is 0 Å². The molecule has 18 heavy (non-hydrogen) atoms. The van der Waals surface area contributed by atoms with E-state index in [4.69, 9.17) is 11.6 Å². The van der Waals surface area contributed by atoms with Gasteiger partial charge in [0.1, 0.15) is 0 Å². The van der Waals surface area contributed by atoms with Crippen LogP contribution >= 0.6 is 11.6 Å². The molecule has 1 fully saturated rings. The Kier molecular flexibility index (Phi) is 4.27. The lowest BCUT2D eigenvalue weighted by Gasteiger charge is -2.12. The molecule has 1 aliphatic rings. The Hall–Kier alpha value is -0.620. The summed E-state index contributed by atoms with van der Waals surface area (Å²) in [6.45, 7) is 3.23. The summed E-state index contributed by atoms with van der Waals surface area (Å²) in [6, 6.07) is 5.01. The quantitative estimate of drug-likeness (QED) is 0.886. The van der Waals surface area contributed by atoms with Crippen LogP contribution in [-0.2, 0) is 10.0 Å². The van der Waals surface area contributed by atoms with E-state index in [0.717, 1.165) is 24.9 Å². The zero-order valence-electron chi connectivity index (χ0n) is 10.2. The SMILES string of the molecule is Cc1ccc(S(=O)(=O)NCC2CCCN2)cc1Cl. The summed E-state index contributed by atoms with van der Waals surface area (Å²) in [5.41, 5.74) is 0.869. The number of rotatable bonds is 4. The fourth-order valence-electron chi connectivity index (χ4n) is 1.97.